The minimum atomic E-state index is -0.757. The minimum Gasteiger partial charge on any atom is -0.481 e. The average Bonchev–Trinajstić information content (AvgIpc) is 2.81. The third-order valence-electron chi connectivity index (χ3n) is 4.72. The van der Waals surface area contributed by atoms with E-state index in [0.717, 1.165) is 32.1 Å². The topological polar surface area (TPSA) is 104 Å². The van der Waals surface area contributed by atoms with Crippen molar-refractivity contribution in [3.05, 3.63) is 12.2 Å². The summed E-state index contributed by atoms with van der Waals surface area (Å²) in [5.41, 5.74) is 0. The Kier molecular flexibility index (Phi) is 9.83. The SMILES string of the molecule is CCC(C=C[C@H]1[C@H](CCCCCCCC(=O)O)C(=O)C[C@@H]1O)OO. The number of unbranched alkanes of at least 4 members (excludes halogenated alkanes) is 4. The maximum atomic E-state index is 12.1. The highest BCUT2D eigenvalue weighted by Crippen LogP contribution is 2.34. The zero-order chi connectivity index (χ0) is 17.9. The molecule has 1 rings (SSSR count). The van der Waals surface area contributed by atoms with Crippen molar-refractivity contribution in [2.45, 2.75) is 76.9 Å². The van der Waals surface area contributed by atoms with Crippen molar-refractivity contribution in [3.63, 3.8) is 0 Å². The predicted molar refractivity (Wildman–Crippen MR) is 89.5 cm³/mol. The zero-order valence-corrected chi connectivity index (χ0v) is 14.4. The molecule has 0 saturated heterocycles. The monoisotopic (exact) mass is 342 g/mol. The molecule has 0 aromatic carbocycles. The van der Waals surface area contributed by atoms with Crippen LogP contribution in [0.3, 0.4) is 0 Å². The summed E-state index contributed by atoms with van der Waals surface area (Å²) in [5.74, 6) is -1.05. The van der Waals surface area contributed by atoms with Gasteiger partial charge >= 0.3 is 5.97 Å². The molecule has 0 radical (unpaired) electrons. The molecule has 0 aliphatic heterocycles. The Hall–Kier alpha value is -1.24. The molecule has 24 heavy (non-hydrogen) atoms. The van der Waals surface area contributed by atoms with Gasteiger partial charge in [0.1, 0.15) is 11.9 Å². The lowest BCUT2D eigenvalue weighted by molar-refractivity contribution is -0.266. The van der Waals surface area contributed by atoms with E-state index in [0.29, 0.717) is 12.8 Å². The zero-order valence-electron chi connectivity index (χ0n) is 14.4. The second-order valence-corrected chi connectivity index (χ2v) is 6.56. The molecule has 1 aliphatic carbocycles. The van der Waals surface area contributed by atoms with Gasteiger partial charge < -0.3 is 10.2 Å². The van der Waals surface area contributed by atoms with Crippen LogP contribution in [0.4, 0.5) is 0 Å². The van der Waals surface area contributed by atoms with Gasteiger partial charge in [0.05, 0.1) is 6.10 Å². The number of aliphatic hydroxyl groups is 1. The number of carboxylic acids is 1. The van der Waals surface area contributed by atoms with Crippen LogP contribution in [0.25, 0.3) is 0 Å². The van der Waals surface area contributed by atoms with Gasteiger partial charge in [-0.2, -0.15) is 0 Å². The van der Waals surface area contributed by atoms with Crippen molar-refractivity contribution in [2.75, 3.05) is 0 Å². The first-order valence-electron chi connectivity index (χ1n) is 8.90. The van der Waals surface area contributed by atoms with Gasteiger partial charge in [0, 0.05) is 24.7 Å². The van der Waals surface area contributed by atoms with Crippen LogP contribution < -0.4 is 0 Å². The fourth-order valence-corrected chi connectivity index (χ4v) is 3.26. The van der Waals surface area contributed by atoms with Crippen LogP contribution in [0.2, 0.25) is 0 Å². The van der Waals surface area contributed by atoms with Crippen LogP contribution in [0.1, 0.15) is 64.7 Å². The molecule has 4 atom stereocenters. The van der Waals surface area contributed by atoms with Crippen LogP contribution in [0.15, 0.2) is 12.2 Å². The number of ketones is 1. The average molecular weight is 342 g/mol. The van der Waals surface area contributed by atoms with E-state index in [-0.39, 0.29) is 30.5 Å². The maximum Gasteiger partial charge on any atom is 0.303 e. The summed E-state index contributed by atoms with van der Waals surface area (Å²) in [4.78, 5) is 26.8. The fraction of sp³-hybridized carbons (Fsp3) is 0.778. The highest BCUT2D eigenvalue weighted by Gasteiger charge is 2.39. The Morgan fingerprint density at radius 2 is 1.96 bits per heavy atom. The Bertz CT molecular complexity index is 416. The third-order valence-corrected chi connectivity index (χ3v) is 4.72. The lowest BCUT2D eigenvalue weighted by atomic mass is 9.88. The van der Waals surface area contributed by atoms with Gasteiger partial charge in [-0.15, -0.1) is 0 Å². The molecular weight excluding hydrogens is 312 g/mol. The normalized spacial score (nSPS) is 25.5. The highest BCUT2D eigenvalue weighted by atomic mass is 17.1. The molecule has 3 N–H and O–H groups in total. The number of carbonyl (C=O) groups is 2. The van der Waals surface area contributed by atoms with Crippen LogP contribution >= 0.6 is 0 Å². The molecule has 1 unspecified atom stereocenters. The Labute approximate surface area is 143 Å². The first-order valence-corrected chi connectivity index (χ1v) is 8.90. The summed E-state index contributed by atoms with van der Waals surface area (Å²) in [6.07, 6.45) is 8.61. The number of Topliss-reactive ketones (excluding diaryl/α,β-unsaturated/α-hetero) is 1. The summed E-state index contributed by atoms with van der Waals surface area (Å²) in [6.45, 7) is 1.88. The second kappa shape index (κ2) is 11.3. The summed E-state index contributed by atoms with van der Waals surface area (Å²) < 4.78 is 0. The standard InChI is InChI=1S/C18H30O6/c1-2-13(24-23)10-11-15-14(16(19)12-17(15)20)8-6-4-3-5-7-9-18(21)22/h10-11,13-15,17,20,23H,2-9,12H2,1H3,(H,21,22)/t13?,14-,15-,17-/m0/s1. The number of carboxylic acid groups (broad SMARTS) is 1. The molecule has 1 aliphatic rings. The van der Waals surface area contributed by atoms with Crippen molar-refractivity contribution >= 4 is 11.8 Å². The van der Waals surface area contributed by atoms with Crippen molar-refractivity contribution in [1.82, 2.24) is 0 Å². The number of aliphatic hydroxyl groups excluding tert-OH is 1. The van der Waals surface area contributed by atoms with E-state index < -0.39 is 18.2 Å². The second-order valence-electron chi connectivity index (χ2n) is 6.56. The molecule has 0 bridgehead atoms. The molecule has 1 fully saturated rings. The van der Waals surface area contributed by atoms with Gasteiger partial charge in [-0.05, 0) is 19.3 Å². The third kappa shape index (κ3) is 7.11. The van der Waals surface area contributed by atoms with Gasteiger partial charge in [0.2, 0.25) is 0 Å². The van der Waals surface area contributed by atoms with E-state index in [1.165, 1.54) is 0 Å². The Balaban J connectivity index is 2.37. The number of hydrogen-bond donors (Lipinski definition) is 3. The summed E-state index contributed by atoms with van der Waals surface area (Å²) in [5, 5.41) is 27.4. The molecule has 6 nitrogen and oxygen atoms in total. The van der Waals surface area contributed by atoms with Crippen LogP contribution in [-0.4, -0.2) is 39.4 Å². The quantitative estimate of drug-likeness (QED) is 0.218. The van der Waals surface area contributed by atoms with Crippen molar-refractivity contribution in [3.8, 4) is 0 Å². The largest absolute Gasteiger partial charge is 0.481 e. The van der Waals surface area contributed by atoms with Crippen LogP contribution in [-0.2, 0) is 14.5 Å². The van der Waals surface area contributed by atoms with Gasteiger partial charge in [-0.3, -0.25) is 14.8 Å². The van der Waals surface area contributed by atoms with Crippen molar-refractivity contribution in [1.29, 1.82) is 0 Å². The van der Waals surface area contributed by atoms with Crippen molar-refractivity contribution in [2.24, 2.45) is 11.8 Å². The molecule has 0 spiro atoms. The Morgan fingerprint density at radius 3 is 2.58 bits per heavy atom. The molecule has 138 valence electrons. The predicted octanol–water partition coefficient (Wildman–Crippen LogP) is 3.19. The summed E-state index contributed by atoms with van der Waals surface area (Å²) in [6, 6.07) is 0. The van der Waals surface area contributed by atoms with E-state index >= 15 is 0 Å². The van der Waals surface area contributed by atoms with E-state index in [1.54, 1.807) is 12.2 Å². The van der Waals surface area contributed by atoms with Gasteiger partial charge in [0.15, 0.2) is 0 Å². The smallest absolute Gasteiger partial charge is 0.303 e. The lowest BCUT2D eigenvalue weighted by Gasteiger charge is -2.18. The lowest BCUT2D eigenvalue weighted by Crippen LogP contribution is -2.19. The molecule has 0 heterocycles. The number of hydrogen-bond acceptors (Lipinski definition) is 5. The highest BCUT2D eigenvalue weighted by molar-refractivity contribution is 5.84. The first-order chi connectivity index (χ1) is 11.5. The van der Waals surface area contributed by atoms with Gasteiger partial charge in [0.25, 0.3) is 0 Å². The molecular formula is C18H30O6. The molecule has 6 heteroatoms. The molecule has 0 aromatic heterocycles. The molecule has 0 aromatic rings. The maximum absolute atomic E-state index is 12.1. The van der Waals surface area contributed by atoms with Gasteiger partial charge in [-0.25, -0.2) is 4.89 Å². The Morgan fingerprint density at radius 1 is 1.29 bits per heavy atom. The van der Waals surface area contributed by atoms with E-state index in [1.807, 2.05) is 6.92 Å². The van der Waals surface area contributed by atoms with E-state index in [2.05, 4.69) is 4.89 Å². The van der Waals surface area contributed by atoms with Crippen molar-refractivity contribution < 1.29 is 29.9 Å². The van der Waals surface area contributed by atoms with Crippen LogP contribution in [0.5, 0.6) is 0 Å². The summed E-state index contributed by atoms with van der Waals surface area (Å²) >= 11 is 0. The number of aliphatic carboxylic acids is 1. The number of carbonyl (C=O) groups excluding carboxylic acids is 1. The fourth-order valence-electron chi connectivity index (χ4n) is 3.26. The van der Waals surface area contributed by atoms with E-state index in [4.69, 9.17) is 10.4 Å². The molecule has 0 amide bonds. The summed E-state index contributed by atoms with van der Waals surface area (Å²) in [7, 11) is 0. The first kappa shape index (κ1) is 20.8. The van der Waals surface area contributed by atoms with Gasteiger partial charge in [-0.1, -0.05) is 44.8 Å². The number of rotatable bonds is 12. The minimum absolute atomic E-state index is 0.0981. The van der Waals surface area contributed by atoms with E-state index in [9.17, 15) is 14.7 Å². The van der Waals surface area contributed by atoms with Crippen LogP contribution in [0, 0.1) is 11.8 Å². The molecule has 1 saturated carbocycles.